The zero-order valence-corrected chi connectivity index (χ0v) is 14.5. The third-order valence-corrected chi connectivity index (χ3v) is 4.92. The lowest BCUT2D eigenvalue weighted by Gasteiger charge is -2.36. The summed E-state index contributed by atoms with van der Waals surface area (Å²) in [6.45, 7) is 11.1. The van der Waals surface area contributed by atoms with Crippen molar-refractivity contribution < 1.29 is 0 Å². The number of aryl methyl sites for hydroxylation is 1. The Balaban J connectivity index is 1.99. The van der Waals surface area contributed by atoms with Crippen LogP contribution in [0, 0.1) is 6.92 Å². The molecule has 2 nitrogen and oxygen atoms in total. The van der Waals surface area contributed by atoms with Crippen LogP contribution in [0.2, 0.25) is 0 Å². The molecule has 23 heavy (non-hydrogen) atoms. The van der Waals surface area contributed by atoms with Crippen molar-refractivity contribution in [3.63, 3.8) is 0 Å². The molecule has 1 N–H and O–H groups in total. The Morgan fingerprint density at radius 3 is 2.09 bits per heavy atom. The fourth-order valence-corrected chi connectivity index (χ4v) is 3.48. The van der Waals surface area contributed by atoms with Gasteiger partial charge in [-0.25, -0.2) is 0 Å². The molecule has 2 aromatic carbocycles. The predicted octanol–water partition coefficient (Wildman–Crippen LogP) is 4.11. The van der Waals surface area contributed by atoms with Crippen LogP contribution in [0.3, 0.4) is 0 Å². The normalized spacial score (nSPS) is 17.4. The summed E-state index contributed by atoms with van der Waals surface area (Å²) in [5.74, 6) is 0.583. The fourth-order valence-electron chi connectivity index (χ4n) is 3.48. The average molecular weight is 308 g/mol. The summed E-state index contributed by atoms with van der Waals surface area (Å²) >= 11 is 0. The van der Waals surface area contributed by atoms with Gasteiger partial charge in [0.1, 0.15) is 0 Å². The topological polar surface area (TPSA) is 15.3 Å². The molecular formula is C21H28N2. The van der Waals surface area contributed by atoms with E-state index in [0.29, 0.717) is 12.0 Å². The Bertz CT molecular complexity index is 625. The third-order valence-electron chi connectivity index (χ3n) is 4.92. The monoisotopic (exact) mass is 308 g/mol. The van der Waals surface area contributed by atoms with Crippen LogP contribution < -0.4 is 5.32 Å². The van der Waals surface area contributed by atoms with Crippen molar-refractivity contribution in [1.29, 1.82) is 0 Å². The van der Waals surface area contributed by atoms with Crippen molar-refractivity contribution in [2.45, 2.75) is 32.7 Å². The standard InChI is InChI=1S/C21H28N2/c1-16(2)18-8-10-19(11-9-18)21(23-14-12-22-13-15-23)20-7-5-4-6-17(20)3/h4-11,16,21-22H,12-15H2,1-3H3. The lowest BCUT2D eigenvalue weighted by Crippen LogP contribution is -2.45. The summed E-state index contributed by atoms with van der Waals surface area (Å²) in [5, 5.41) is 3.47. The highest BCUT2D eigenvalue weighted by Gasteiger charge is 2.24. The SMILES string of the molecule is Cc1ccccc1C(c1ccc(C(C)C)cc1)N1CCNCC1. The van der Waals surface area contributed by atoms with Gasteiger partial charge in [0, 0.05) is 26.2 Å². The van der Waals surface area contributed by atoms with E-state index in [4.69, 9.17) is 0 Å². The van der Waals surface area contributed by atoms with Gasteiger partial charge in [0.2, 0.25) is 0 Å². The summed E-state index contributed by atoms with van der Waals surface area (Å²) in [7, 11) is 0. The molecular weight excluding hydrogens is 280 g/mol. The van der Waals surface area contributed by atoms with Gasteiger partial charge < -0.3 is 5.32 Å². The first-order valence-corrected chi connectivity index (χ1v) is 8.77. The number of hydrogen-bond donors (Lipinski definition) is 1. The molecule has 1 aliphatic heterocycles. The molecule has 0 aliphatic carbocycles. The molecule has 1 unspecified atom stereocenters. The van der Waals surface area contributed by atoms with E-state index in [9.17, 15) is 0 Å². The van der Waals surface area contributed by atoms with Gasteiger partial charge in [-0.15, -0.1) is 0 Å². The Hall–Kier alpha value is -1.64. The highest BCUT2D eigenvalue weighted by atomic mass is 15.2. The van der Waals surface area contributed by atoms with Gasteiger partial charge in [0.15, 0.2) is 0 Å². The van der Waals surface area contributed by atoms with Gasteiger partial charge in [-0.05, 0) is 35.1 Å². The number of piperazine rings is 1. The van der Waals surface area contributed by atoms with Crippen molar-refractivity contribution in [2.75, 3.05) is 26.2 Å². The molecule has 122 valence electrons. The van der Waals surface area contributed by atoms with E-state index in [-0.39, 0.29) is 0 Å². The summed E-state index contributed by atoms with van der Waals surface area (Å²) in [5.41, 5.74) is 5.64. The van der Waals surface area contributed by atoms with Crippen LogP contribution in [0.15, 0.2) is 48.5 Å². The number of nitrogens with zero attached hydrogens (tertiary/aromatic N) is 1. The van der Waals surface area contributed by atoms with Crippen molar-refractivity contribution in [3.05, 3.63) is 70.8 Å². The minimum atomic E-state index is 0.361. The Morgan fingerprint density at radius 1 is 0.870 bits per heavy atom. The van der Waals surface area contributed by atoms with E-state index in [1.54, 1.807) is 0 Å². The smallest absolute Gasteiger partial charge is 0.0605 e. The maximum absolute atomic E-state index is 3.47. The summed E-state index contributed by atoms with van der Waals surface area (Å²) in [6.07, 6.45) is 0. The minimum Gasteiger partial charge on any atom is -0.314 e. The van der Waals surface area contributed by atoms with Crippen LogP contribution in [-0.4, -0.2) is 31.1 Å². The van der Waals surface area contributed by atoms with Crippen molar-refractivity contribution >= 4 is 0 Å². The molecule has 2 aromatic rings. The van der Waals surface area contributed by atoms with Crippen LogP contribution in [0.1, 0.15) is 48.1 Å². The molecule has 1 aliphatic rings. The van der Waals surface area contributed by atoms with Gasteiger partial charge in [-0.1, -0.05) is 62.4 Å². The highest BCUT2D eigenvalue weighted by Crippen LogP contribution is 2.31. The number of benzene rings is 2. The van der Waals surface area contributed by atoms with E-state index < -0.39 is 0 Å². The molecule has 1 heterocycles. The first-order valence-electron chi connectivity index (χ1n) is 8.77. The maximum atomic E-state index is 3.47. The molecule has 0 bridgehead atoms. The zero-order chi connectivity index (χ0) is 16.2. The summed E-state index contributed by atoms with van der Waals surface area (Å²) in [6, 6.07) is 18.4. The molecule has 0 spiro atoms. The molecule has 0 saturated carbocycles. The van der Waals surface area contributed by atoms with E-state index >= 15 is 0 Å². The zero-order valence-electron chi connectivity index (χ0n) is 14.5. The lowest BCUT2D eigenvalue weighted by molar-refractivity contribution is 0.198. The van der Waals surface area contributed by atoms with Gasteiger partial charge >= 0.3 is 0 Å². The first-order chi connectivity index (χ1) is 11.2. The van der Waals surface area contributed by atoms with Crippen LogP contribution >= 0.6 is 0 Å². The van der Waals surface area contributed by atoms with Gasteiger partial charge in [0.05, 0.1) is 6.04 Å². The van der Waals surface area contributed by atoms with E-state index in [1.807, 2.05) is 0 Å². The quantitative estimate of drug-likeness (QED) is 0.914. The molecule has 3 rings (SSSR count). The largest absolute Gasteiger partial charge is 0.314 e. The van der Waals surface area contributed by atoms with E-state index in [2.05, 4.69) is 79.5 Å². The van der Waals surface area contributed by atoms with Gasteiger partial charge in [0.25, 0.3) is 0 Å². The minimum absolute atomic E-state index is 0.361. The van der Waals surface area contributed by atoms with Crippen molar-refractivity contribution in [2.24, 2.45) is 0 Å². The second kappa shape index (κ2) is 7.29. The van der Waals surface area contributed by atoms with Crippen molar-refractivity contribution in [1.82, 2.24) is 10.2 Å². The maximum Gasteiger partial charge on any atom is 0.0605 e. The number of hydrogen-bond acceptors (Lipinski definition) is 2. The summed E-state index contributed by atoms with van der Waals surface area (Å²) in [4.78, 5) is 2.61. The second-order valence-electron chi connectivity index (χ2n) is 6.87. The second-order valence-corrected chi connectivity index (χ2v) is 6.87. The van der Waals surface area contributed by atoms with Gasteiger partial charge in [-0.2, -0.15) is 0 Å². The van der Waals surface area contributed by atoms with Crippen LogP contribution in [0.25, 0.3) is 0 Å². The Kier molecular flexibility index (Phi) is 5.14. The van der Waals surface area contributed by atoms with E-state index in [0.717, 1.165) is 26.2 Å². The number of rotatable bonds is 4. The molecule has 1 saturated heterocycles. The van der Waals surface area contributed by atoms with Crippen LogP contribution in [0.4, 0.5) is 0 Å². The Labute approximate surface area is 140 Å². The van der Waals surface area contributed by atoms with Gasteiger partial charge in [-0.3, -0.25) is 4.90 Å². The van der Waals surface area contributed by atoms with Crippen LogP contribution in [0.5, 0.6) is 0 Å². The predicted molar refractivity (Wildman–Crippen MR) is 98.0 cm³/mol. The molecule has 0 radical (unpaired) electrons. The third kappa shape index (κ3) is 3.65. The number of nitrogens with one attached hydrogen (secondary N) is 1. The average Bonchev–Trinajstić information content (AvgIpc) is 2.58. The summed E-state index contributed by atoms with van der Waals surface area (Å²) < 4.78 is 0. The molecule has 0 amide bonds. The van der Waals surface area contributed by atoms with Crippen LogP contribution in [-0.2, 0) is 0 Å². The molecule has 1 fully saturated rings. The highest BCUT2D eigenvalue weighted by molar-refractivity contribution is 5.38. The van der Waals surface area contributed by atoms with E-state index in [1.165, 1.54) is 22.3 Å². The molecule has 1 atom stereocenters. The molecule has 0 aromatic heterocycles. The Morgan fingerprint density at radius 2 is 1.48 bits per heavy atom. The molecule has 2 heteroatoms. The fraction of sp³-hybridized carbons (Fsp3) is 0.429. The first kappa shape index (κ1) is 16.2. The lowest BCUT2D eigenvalue weighted by atomic mass is 9.91. The van der Waals surface area contributed by atoms with Crippen molar-refractivity contribution in [3.8, 4) is 0 Å².